The summed E-state index contributed by atoms with van der Waals surface area (Å²) in [6, 6.07) is 5.36. The first kappa shape index (κ1) is 13.4. The highest BCUT2D eigenvalue weighted by atomic mass is 16.4. The lowest BCUT2D eigenvalue weighted by atomic mass is 10.1. The van der Waals surface area contributed by atoms with Gasteiger partial charge in [-0.05, 0) is 24.1 Å². The molecule has 5 heteroatoms. The quantitative estimate of drug-likeness (QED) is 0.832. The Balaban J connectivity index is 2.11. The molecule has 0 aliphatic heterocycles. The van der Waals surface area contributed by atoms with Crippen LogP contribution < -0.4 is 11.1 Å². The van der Waals surface area contributed by atoms with Gasteiger partial charge < -0.3 is 9.73 Å². The van der Waals surface area contributed by atoms with E-state index in [4.69, 9.17) is 4.42 Å². The van der Waals surface area contributed by atoms with Crippen molar-refractivity contribution in [3.05, 3.63) is 34.3 Å². The number of amides is 1. The minimum atomic E-state index is -0.389. The molecule has 0 fully saturated rings. The van der Waals surface area contributed by atoms with Crippen molar-refractivity contribution in [3.8, 4) is 0 Å². The Bertz CT molecular complexity index is 640. The maximum Gasteiger partial charge on any atom is 0.419 e. The molecule has 5 nitrogen and oxygen atoms in total. The number of nitrogens with one attached hydrogen (secondary N) is 1. The van der Waals surface area contributed by atoms with Crippen LogP contribution in [0.1, 0.15) is 25.3 Å². The van der Waals surface area contributed by atoms with E-state index in [9.17, 15) is 9.59 Å². The van der Waals surface area contributed by atoms with Gasteiger partial charge in [0.05, 0.1) is 11.9 Å². The van der Waals surface area contributed by atoms with Crippen LogP contribution in [0.3, 0.4) is 0 Å². The number of hydrogen-bond donors (Lipinski definition) is 1. The molecule has 0 saturated carbocycles. The number of aryl methyl sites for hydroxylation is 1. The van der Waals surface area contributed by atoms with Crippen molar-refractivity contribution < 1.29 is 9.21 Å². The van der Waals surface area contributed by atoms with E-state index >= 15 is 0 Å². The van der Waals surface area contributed by atoms with Crippen molar-refractivity contribution in [1.29, 1.82) is 0 Å². The van der Waals surface area contributed by atoms with E-state index in [2.05, 4.69) is 12.2 Å². The Morgan fingerprint density at radius 1 is 1.42 bits per heavy atom. The number of hydrogen-bond acceptors (Lipinski definition) is 3. The van der Waals surface area contributed by atoms with Gasteiger partial charge in [-0.2, -0.15) is 0 Å². The zero-order valence-corrected chi connectivity index (χ0v) is 11.2. The Hall–Kier alpha value is -2.04. The first-order valence-corrected chi connectivity index (χ1v) is 6.47. The summed E-state index contributed by atoms with van der Waals surface area (Å²) in [7, 11) is 1.65. The molecule has 0 aliphatic rings. The van der Waals surface area contributed by atoms with Gasteiger partial charge in [0.25, 0.3) is 0 Å². The molecule has 0 radical (unpaired) electrons. The molecule has 0 aliphatic carbocycles. The Kier molecular flexibility index (Phi) is 4.04. The second-order valence-corrected chi connectivity index (χ2v) is 4.61. The standard InChI is InChI=1S/C14H18N2O3/c1-3-4-7-15-13(17)9-10-5-6-12-11(8-10)16(2)14(18)19-12/h5-6,8H,3-4,7,9H2,1-2H3,(H,15,17). The van der Waals surface area contributed by atoms with Crippen molar-refractivity contribution in [2.45, 2.75) is 26.2 Å². The summed E-state index contributed by atoms with van der Waals surface area (Å²) in [6.07, 6.45) is 2.36. The Labute approximate surface area is 111 Å². The molecular weight excluding hydrogens is 244 g/mol. The number of aromatic nitrogens is 1. The highest BCUT2D eigenvalue weighted by molar-refractivity contribution is 5.81. The number of oxazole rings is 1. The molecule has 1 heterocycles. The van der Waals surface area contributed by atoms with Crippen molar-refractivity contribution in [3.63, 3.8) is 0 Å². The molecule has 0 saturated heterocycles. The van der Waals surface area contributed by atoms with Gasteiger partial charge in [-0.25, -0.2) is 4.79 Å². The van der Waals surface area contributed by atoms with E-state index in [1.54, 1.807) is 13.1 Å². The summed E-state index contributed by atoms with van der Waals surface area (Å²) >= 11 is 0. The minimum absolute atomic E-state index is 0.00120. The molecule has 102 valence electrons. The molecule has 19 heavy (non-hydrogen) atoms. The SMILES string of the molecule is CCCCNC(=O)Cc1ccc2oc(=O)n(C)c2c1. The van der Waals surface area contributed by atoms with E-state index in [0.29, 0.717) is 24.1 Å². The molecule has 1 aromatic heterocycles. The lowest BCUT2D eigenvalue weighted by Gasteiger charge is -2.04. The largest absolute Gasteiger partial charge is 0.419 e. The van der Waals surface area contributed by atoms with Gasteiger partial charge in [-0.3, -0.25) is 9.36 Å². The fraction of sp³-hybridized carbons (Fsp3) is 0.429. The molecule has 0 unspecified atom stereocenters. The van der Waals surface area contributed by atoms with Crippen LogP contribution in [0.15, 0.2) is 27.4 Å². The molecule has 1 aromatic carbocycles. The topological polar surface area (TPSA) is 64.2 Å². The highest BCUT2D eigenvalue weighted by Gasteiger charge is 2.08. The fourth-order valence-electron chi connectivity index (χ4n) is 1.93. The number of unbranched alkanes of at least 4 members (excludes halogenated alkanes) is 1. The van der Waals surface area contributed by atoms with E-state index < -0.39 is 0 Å². The van der Waals surface area contributed by atoms with Crippen molar-refractivity contribution in [1.82, 2.24) is 9.88 Å². The van der Waals surface area contributed by atoms with E-state index in [1.807, 2.05) is 12.1 Å². The van der Waals surface area contributed by atoms with Gasteiger partial charge in [0.15, 0.2) is 5.58 Å². The van der Waals surface area contributed by atoms with Gasteiger partial charge in [0.2, 0.25) is 5.91 Å². The normalized spacial score (nSPS) is 10.8. The number of nitrogens with zero attached hydrogens (tertiary/aromatic N) is 1. The van der Waals surface area contributed by atoms with Crippen molar-refractivity contribution in [2.24, 2.45) is 7.05 Å². The zero-order valence-electron chi connectivity index (χ0n) is 11.2. The molecule has 1 N–H and O–H groups in total. The van der Waals surface area contributed by atoms with Crippen molar-refractivity contribution in [2.75, 3.05) is 6.54 Å². The number of rotatable bonds is 5. The first-order valence-electron chi connectivity index (χ1n) is 6.47. The summed E-state index contributed by atoms with van der Waals surface area (Å²) < 4.78 is 6.48. The van der Waals surface area contributed by atoms with Gasteiger partial charge in [0, 0.05) is 13.6 Å². The average Bonchev–Trinajstić information content (AvgIpc) is 2.66. The van der Waals surface area contributed by atoms with Crippen LogP contribution in [0.5, 0.6) is 0 Å². The van der Waals surface area contributed by atoms with Crippen LogP contribution >= 0.6 is 0 Å². The smallest absolute Gasteiger partial charge is 0.408 e. The van der Waals surface area contributed by atoms with E-state index in [1.165, 1.54) is 4.57 Å². The lowest BCUT2D eigenvalue weighted by molar-refractivity contribution is -0.120. The molecule has 1 amide bonds. The lowest BCUT2D eigenvalue weighted by Crippen LogP contribution is -2.25. The third kappa shape index (κ3) is 3.05. The van der Waals surface area contributed by atoms with E-state index in [-0.39, 0.29) is 11.7 Å². The Morgan fingerprint density at radius 3 is 2.95 bits per heavy atom. The third-order valence-electron chi connectivity index (χ3n) is 3.07. The minimum Gasteiger partial charge on any atom is -0.408 e. The maximum absolute atomic E-state index is 11.7. The maximum atomic E-state index is 11.7. The molecular formula is C14H18N2O3. The Morgan fingerprint density at radius 2 is 2.21 bits per heavy atom. The van der Waals surface area contributed by atoms with Crippen LogP contribution in [-0.4, -0.2) is 17.0 Å². The fourth-order valence-corrected chi connectivity index (χ4v) is 1.93. The van der Waals surface area contributed by atoms with Crippen LogP contribution in [0, 0.1) is 0 Å². The predicted octanol–water partition coefficient (Wildman–Crippen LogP) is 1.59. The number of fused-ring (bicyclic) bond motifs is 1. The third-order valence-corrected chi connectivity index (χ3v) is 3.07. The summed E-state index contributed by atoms with van der Waals surface area (Å²) in [5, 5.41) is 2.87. The highest BCUT2D eigenvalue weighted by Crippen LogP contribution is 2.14. The predicted molar refractivity (Wildman–Crippen MR) is 73.1 cm³/mol. The van der Waals surface area contributed by atoms with Gasteiger partial charge in [0.1, 0.15) is 0 Å². The van der Waals surface area contributed by atoms with Gasteiger partial charge >= 0.3 is 5.76 Å². The summed E-state index contributed by atoms with van der Waals surface area (Å²) in [6.45, 7) is 2.79. The molecule has 0 atom stereocenters. The van der Waals surface area contributed by atoms with Gasteiger partial charge in [-0.1, -0.05) is 19.4 Å². The first-order chi connectivity index (χ1) is 9.11. The monoisotopic (exact) mass is 262 g/mol. The summed E-state index contributed by atoms with van der Waals surface area (Å²) in [4.78, 5) is 23.1. The molecule has 2 rings (SSSR count). The molecule has 0 spiro atoms. The summed E-state index contributed by atoms with van der Waals surface area (Å²) in [5.74, 6) is -0.388. The average molecular weight is 262 g/mol. The molecule has 0 bridgehead atoms. The number of carbonyl (C=O) groups excluding carboxylic acids is 1. The van der Waals surface area contributed by atoms with Crippen LogP contribution in [0.4, 0.5) is 0 Å². The van der Waals surface area contributed by atoms with Crippen molar-refractivity contribution >= 4 is 17.0 Å². The van der Waals surface area contributed by atoms with Crippen LogP contribution in [0.25, 0.3) is 11.1 Å². The number of benzene rings is 1. The zero-order chi connectivity index (χ0) is 13.8. The molecule has 2 aromatic rings. The number of carbonyl (C=O) groups is 1. The van der Waals surface area contributed by atoms with E-state index in [0.717, 1.165) is 18.4 Å². The van der Waals surface area contributed by atoms with Gasteiger partial charge in [-0.15, -0.1) is 0 Å². The second-order valence-electron chi connectivity index (χ2n) is 4.61. The van der Waals surface area contributed by atoms with Crippen LogP contribution in [-0.2, 0) is 18.3 Å². The second kappa shape index (κ2) is 5.73. The van der Waals surface area contributed by atoms with Crippen LogP contribution in [0.2, 0.25) is 0 Å². The summed E-state index contributed by atoms with van der Waals surface area (Å²) in [5.41, 5.74) is 2.13.